The van der Waals surface area contributed by atoms with Crippen molar-refractivity contribution in [3.63, 3.8) is 0 Å². The molecule has 0 unspecified atom stereocenters. The highest BCUT2D eigenvalue weighted by atomic mass is 32.2. The fourth-order valence-electron chi connectivity index (χ4n) is 0.408. The van der Waals surface area contributed by atoms with Gasteiger partial charge in [0.25, 0.3) is 5.97 Å². The van der Waals surface area contributed by atoms with E-state index in [9.17, 15) is 0 Å². The van der Waals surface area contributed by atoms with Crippen LogP contribution in [0.1, 0.15) is 6.92 Å². The number of aliphatic carboxylic acids is 1. The van der Waals surface area contributed by atoms with Gasteiger partial charge in [0.2, 0.25) is 0 Å². The highest BCUT2D eigenvalue weighted by Crippen LogP contribution is 2.12. The molecule has 0 fully saturated rings. The third kappa shape index (κ3) is 8.83. The normalized spacial score (nSPS) is 8.38. The van der Waals surface area contributed by atoms with Gasteiger partial charge in [-0.2, -0.15) is 5.10 Å². The molecule has 0 atom stereocenters. The average molecular weight is 219 g/mol. The van der Waals surface area contributed by atoms with Crippen molar-refractivity contribution < 1.29 is 9.90 Å². The number of carboxylic acids is 1. The van der Waals surface area contributed by atoms with E-state index in [2.05, 4.69) is 22.4 Å². The summed E-state index contributed by atoms with van der Waals surface area (Å²) in [5.41, 5.74) is 5.23. The Labute approximate surface area is 84.7 Å². The molecule has 0 amide bonds. The number of H-pyrrole nitrogens is 1. The number of nitrogens with one attached hydrogen (secondary N) is 1. The number of nitrogens with zero attached hydrogens (tertiary/aromatic N) is 1. The molecule has 1 rings (SSSR count). The number of aromatic nitrogens is 2. The van der Waals surface area contributed by atoms with Crippen LogP contribution in [0.2, 0.25) is 0 Å². The van der Waals surface area contributed by atoms with Crippen molar-refractivity contribution in [2.24, 2.45) is 5.73 Å². The Hall–Kier alpha value is -1.08. The minimum Gasteiger partial charge on any atom is -0.481 e. The van der Waals surface area contributed by atoms with Gasteiger partial charge in [0, 0.05) is 13.1 Å². The van der Waals surface area contributed by atoms with E-state index in [1.807, 2.05) is 6.07 Å². The number of rotatable bonds is 1. The smallest absolute Gasteiger partial charge is 0.300 e. The molecule has 1 heterocycles. The van der Waals surface area contributed by atoms with Crippen LogP contribution in [-0.2, 0) is 4.79 Å². The van der Waals surface area contributed by atoms with E-state index in [4.69, 9.17) is 15.6 Å². The molecule has 0 saturated heterocycles. The van der Waals surface area contributed by atoms with Crippen LogP contribution in [0.3, 0.4) is 0 Å². The Bertz CT molecular complexity index is 269. The lowest BCUT2D eigenvalue weighted by Crippen LogP contribution is -2.00. The number of nitrogens with two attached hydrogens (primary N) is 1. The number of thiocarbonyl (C=S) groups is 1. The molecular weight excluding hydrogens is 210 g/mol. The molecule has 0 aromatic carbocycles. The molecule has 13 heavy (non-hydrogen) atoms. The molecule has 1 aromatic heterocycles. The van der Waals surface area contributed by atoms with Crippen LogP contribution in [0.15, 0.2) is 17.3 Å². The van der Waals surface area contributed by atoms with Gasteiger partial charge in [-0.3, -0.25) is 9.89 Å². The fraction of sp³-hybridized carbons (Fsp3) is 0.167. The second-order valence-electron chi connectivity index (χ2n) is 1.86. The maximum Gasteiger partial charge on any atom is 0.300 e. The SMILES string of the molecule is CC(=O)O.NC(=S)Sc1ccn[nH]1. The van der Waals surface area contributed by atoms with E-state index in [-0.39, 0.29) is 0 Å². The number of thioether (sulfide) groups is 1. The lowest BCUT2D eigenvalue weighted by Gasteiger charge is -1.89. The summed E-state index contributed by atoms with van der Waals surface area (Å²) in [5.74, 6) is -0.833. The van der Waals surface area contributed by atoms with Crippen LogP contribution in [0.4, 0.5) is 0 Å². The van der Waals surface area contributed by atoms with E-state index in [0.717, 1.165) is 11.9 Å². The van der Waals surface area contributed by atoms with Crippen molar-refractivity contribution in [3.8, 4) is 0 Å². The summed E-state index contributed by atoms with van der Waals surface area (Å²) in [5, 5.41) is 14.7. The average Bonchev–Trinajstić information content (AvgIpc) is 2.36. The summed E-state index contributed by atoms with van der Waals surface area (Å²) in [4.78, 5) is 9.00. The van der Waals surface area contributed by atoms with Crippen molar-refractivity contribution in [1.82, 2.24) is 10.2 Å². The zero-order valence-corrected chi connectivity index (χ0v) is 8.48. The zero-order chi connectivity index (χ0) is 10.3. The van der Waals surface area contributed by atoms with Gasteiger partial charge in [-0.25, -0.2) is 0 Å². The maximum absolute atomic E-state index is 9.00. The molecule has 0 aliphatic rings. The van der Waals surface area contributed by atoms with Crippen LogP contribution >= 0.6 is 24.0 Å². The molecule has 7 heteroatoms. The molecular formula is C6H9N3O2S2. The highest BCUT2D eigenvalue weighted by Gasteiger charge is 1.93. The summed E-state index contributed by atoms with van der Waals surface area (Å²) in [6.45, 7) is 1.08. The van der Waals surface area contributed by atoms with Crippen LogP contribution in [0.25, 0.3) is 0 Å². The second-order valence-corrected chi connectivity index (χ2v) is 3.64. The van der Waals surface area contributed by atoms with E-state index in [1.165, 1.54) is 11.8 Å². The lowest BCUT2D eigenvalue weighted by molar-refractivity contribution is -0.134. The predicted molar refractivity (Wildman–Crippen MR) is 54.5 cm³/mol. The summed E-state index contributed by atoms with van der Waals surface area (Å²) in [7, 11) is 0. The Morgan fingerprint density at radius 1 is 1.85 bits per heavy atom. The quantitative estimate of drug-likeness (QED) is 0.479. The largest absolute Gasteiger partial charge is 0.481 e. The minimum absolute atomic E-state index is 0.402. The van der Waals surface area contributed by atoms with E-state index in [0.29, 0.717) is 4.32 Å². The maximum atomic E-state index is 9.00. The summed E-state index contributed by atoms with van der Waals surface area (Å²) in [6.07, 6.45) is 1.65. The molecule has 0 aliphatic heterocycles. The van der Waals surface area contributed by atoms with E-state index < -0.39 is 5.97 Å². The van der Waals surface area contributed by atoms with Gasteiger partial charge in [-0.15, -0.1) is 0 Å². The van der Waals surface area contributed by atoms with Crippen LogP contribution in [0.5, 0.6) is 0 Å². The Morgan fingerprint density at radius 3 is 2.69 bits per heavy atom. The first-order chi connectivity index (χ1) is 6.02. The standard InChI is InChI=1S/C4H5N3S2.C2H4O2/c5-4(8)9-3-1-2-6-7-3;1-2(3)4/h1-2H,(H2,5,8)(H,6,7);1H3,(H,3,4). The summed E-state index contributed by atoms with van der Waals surface area (Å²) in [6, 6.07) is 1.81. The number of carboxylic acid groups (broad SMARTS) is 1. The van der Waals surface area contributed by atoms with Gasteiger partial charge in [0.1, 0.15) is 4.32 Å². The number of aromatic amines is 1. The fourth-order valence-corrected chi connectivity index (χ4v) is 1.12. The molecule has 0 radical (unpaired) electrons. The number of carbonyl (C=O) groups is 1. The molecule has 72 valence electrons. The Morgan fingerprint density at radius 2 is 2.38 bits per heavy atom. The summed E-state index contributed by atoms with van der Waals surface area (Å²) < 4.78 is 0.402. The monoisotopic (exact) mass is 219 g/mol. The predicted octanol–water partition coefficient (Wildman–Crippen LogP) is 0.836. The Kier molecular flexibility index (Phi) is 5.90. The van der Waals surface area contributed by atoms with Crippen molar-refractivity contribution in [1.29, 1.82) is 0 Å². The van der Waals surface area contributed by atoms with Gasteiger partial charge in [0.15, 0.2) is 0 Å². The van der Waals surface area contributed by atoms with Gasteiger partial charge in [0.05, 0.1) is 5.03 Å². The third-order valence-corrected chi connectivity index (χ3v) is 1.58. The first-order valence-corrected chi connectivity index (χ1v) is 4.41. The summed E-state index contributed by atoms with van der Waals surface area (Å²) >= 11 is 5.93. The lowest BCUT2D eigenvalue weighted by atomic mass is 10.8. The number of hydrogen-bond acceptors (Lipinski definition) is 4. The molecule has 0 saturated carbocycles. The van der Waals surface area contributed by atoms with Crippen LogP contribution < -0.4 is 5.73 Å². The molecule has 0 bridgehead atoms. The van der Waals surface area contributed by atoms with Gasteiger partial charge in [-0.05, 0) is 17.8 Å². The third-order valence-electron chi connectivity index (χ3n) is 0.686. The van der Waals surface area contributed by atoms with Crippen molar-refractivity contribution >= 4 is 34.3 Å². The molecule has 5 nitrogen and oxygen atoms in total. The van der Waals surface area contributed by atoms with E-state index >= 15 is 0 Å². The van der Waals surface area contributed by atoms with Gasteiger partial charge in [-0.1, -0.05) is 12.2 Å². The van der Waals surface area contributed by atoms with Crippen molar-refractivity contribution in [3.05, 3.63) is 12.3 Å². The molecule has 0 spiro atoms. The van der Waals surface area contributed by atoms with Gasteiger partial charge >= 0.3 is 0 Å². The van der Waals surface area contributed by atoms with Crippen LogP contribution in [0, 0.1) is 0 Å². The first-order valence-electron chi connectivity index (χ1n) is 3.18. The zero-order valence-electron chi connectivity index (χ0n) is 6.85. The molecule has 4 N–H and O–H groups in total. The van der Waals surface area contributed by atoms with Gasteiger partial charge < -0.3 is 10.8 Å². The number of hydrogen-bond donors (Lipinski definition) is 3. The van der Waals surface area contributed by atoms with Crippen molar-refractivity contribution in [2.45, 2.75) is 11.9 Å². The highest BCUT2D eigenvalue weighted by molar-refractivity contribution is 8.22. The topological polar surface area (TPSA) is 92.0 Å². The molecule has 0 aliphatic carbocycles. The van der Waals surface area contributed by atoms with Crippen LogP contribution in [-0.4, -0.2) is 25.6 Å². The van der Waals surface area contributed by atoms with Crippen molar-refractivity contribution in [2.75, 3.05) is 0 Å². The van der Waals surface area contributed by atoms with E-state index in [1.54, 1.807) is 6.20 Å². The second kappa shape index (κ2) is 6.44. The molecule has 1 aromatic rings. The Balaban J connectivity index is 0.000000310. The first kappa shape index (κ1) is 11.9. The minimum atomic E-state index is -0.833.